The quantitative estimate of drug-likeness (QED) is 0.914. The molecule has 1 aromatic carbocycles. The highest BCUT2D eigenvalue weighted by molar-refractivity contribution is 9.10. The molecule has 1 N–H and O–H groups in total. The topological polar surface area (TPSA) is 26.7 Å². The second kappa shape index (κ2) is 6.46. The van der Waals surface area contributed by atoms with Gasteiger partial charge in [0.2, 0.25) is 0 Å². The van der Waals surface area contributed by atoms with Gasteiger partial charge in [0.15, 0.2) is 0 Å². The largest absolute Gasteiger partial charge is 0.508 e. The molecule has 2 rings (SSSR count). The molecule has 0 aromatic heterocycles. The van der Waals surface area contributed by atoms with Crippen molar-refractivity contribution in [3.8, 4) is 5.75 Å². The molecule has 0 atom stereocenters. The minimum Gasteiger partial charge on any atom is -0.508 e. The van der Waals surface area contributed by atoms with Crippen LogP contribution in [0, 0.1) is 5.41 Å². The number of piperazine rings is 1. The molecule has 0 bridgehead atoms. The van der Waals surface area contributed by atoms with Crippen LogP contribution in [0.3, 0.4) is 0 Å². The van der Waals surface area contributed by atoms with E-state index in [1.54, 1.807) is 6.07 Å². The molecule has 3 nitrogen and oxygen atoms in total. The van der Waals surface area contributed by atoms with Gasteiger partial charge in [-0.05, 0) is 23.6 Å². The fourth-order valence-electron chi connectivity index (χ4n) is 2.70. The van der Waals surface area contributed by atoms with E-state index in [0.29, 0.717) is 11.2 Å². The maximum atomic E-state index is 9.91. The molecule has 0 saturated carbocycles. The van der Waals surface area contributed by atoms with Gasteiger partial charge in [-0.25, -0.2) is 0 Å². The van der Waals surface area contributed by atoms with Crippen molar-refractivity contribution in [1.82, 2.24) is 9.80 Å². The molecule has 1 saturated heterocycles. The summed E-state index contributed by atoms with van der Waals surface area (Å²) in [5, 5.41) is 9.91. The Hall–Kier alpha value is -0.580. The lowest BCUT2D eigenvalue weighted by Gasteiger charge is -2.37. The van der Waals surface area contributed by atoms with Gasteiger partial charge < -0.3 is 10.0 Å². The lowest BCUT2D eigenvalue weighted by Crippen LogP contribution is -2.48. The Bertz CT molecular complexity index is 448. The summed E-state index contributed by atoms with van der Waals surface area (Å²) in [6.45, 7) is 13.2. The van der Waals surface area contributed by atoms with Crippen molar-refractivity contribution >= 4 is 15.9 Å². The van der Waals surface area contributed by atoms with Crippen molar-refractivity contribution in [2.24, 2.45) is 5.41 Å². The van der Waals surface area contributed by atoms with E-state index in [2.05, 4.69) is 46.5 Å². The lowest BCUT2D eigenvalue weighted by molar-refractivity contribution is 0.0979. The number of benzene rings is 1. The number of hydrogen-bond acceptors (Lipinski definition) is 3. The average Bonchev–Trinajstić information content (AvgIpc) is 2.34. The summed E-state index contributed by atoms with van der Waals surface area (Å²) in [5.74, 6) is 0.394. The normalized spacial score (nSPS) is 18.4. The Labute approximate surface area is 130 Å². The lowest BCUT2D eigenvalue weighted by atomic mass is 9.96. The van der Waals surface area contributed by atoms with Gasteiger partial charge in [-0.1, -0.05) is 36.7 Å². The SMILES string of the molecule is CC(C)(C)CN1CCN(Cc2cc(Br)ccc2O)CC1. The monoisotopic (exact) mass is 340 g/mol. The van der Waals surface area contributed by atoms with Gasteiger partial charge >= 0.3 is 0 Å². The summed E-state index contributed by atoms with van der Waals surface area (Å²) >= 11 is 3.47. The molecular weight excluding hydrogens is 316 g/mol. The summed E-state index contributed by atoms with van der Waals surface area (Å²) in [7, 11) is 0. The molecule has 112 valence electrons. The maximum absolute atomic E-state index is 9.91. The summed E-state index contributed by atoms with van der Waals surface area (Å²) in [6.07, 6.45) is 0. The zero-order valence-electron chi connectivity index (χ0n) is 12.7. The van der Waals surface area contributed by atoms with E-state index in [9.17, 15) is 5.11 Å². The first-order valence-corrected chi connectivity index (χ1v) is 8.05. The van der Waals surface area contributed by atoms with Gasteiger partial charge in [0.05, 0.1) is 0 Å². The summed E-state index contributed by atoms with van der Waals surface area (Å²) in [4.78, 5) is 4.96. The zero-order valence-corrected chi connectivity index (χ0v) is 14.3. The van der Waals surface area contributed by atoms with Crippen LogP contribution in [0.25, 0.3) is 0 Å². The minimum atomic E-state index is 0.366. The molecule has 1 aliphatic rings. The molecule has 0 spiro atoms. The maximum Gasteiger partial charge on any atom is 0.120 e. The fraction of sp³-hybridized carbons (Fsp3) is 0.625. The zero-order chi connectivity index (χ0) is 14.8. The van der Waals surface area contributed by atoms with E-state index < -0.39 is 0 Å². The number of hydrogen-bond donors (Lipinski definition) is 1. The predicted molar refractivity (Wildman–Crippen MR) is 87.0 cm³/mol. The minimum absolute atomic E-state index is 0.366. The van der Waals surface area contributed by atoms with E-state index in [1.807, 2.05) is 12.1 Å². The van der Waals surface area contributed by atoms with Gasteiger partial charge in [-0.2, -0.15) is 0 Å². The van der Waals surface area contributed by atoms with E-state index in [-0.39, 0.29) is 0 Å². The van der Waals surface area contributed by atoms with E-state index in [1.165, 1.54) is 0 Å². The number of nitrogens with zero attached hydrogens (tertiary/aromatic N) is 2. The van der Waals surface area contributed by atoms with Gasteiger partial charge in [0, 0.05) is 49.3 Å². The molecule has 20 heavy (non-hydrogen) atoms. The van der Waals surface area contributed by atoms with Crippen molar-refractivity contribution in [1.29, 1.82) is 0 Å². The highest BCUT2D eigenvalue weighted by atomic mass is 79.9. The van der Waals surface area contributed by atoms with Crippen molar-refractivity contribution in [2.75, 3.05) is 32.7 Å². The number of aromatic hydroxyl groups is 1. The standard InChI is InChI=1S/C16H25BrN2O/c1-16(2,3)12-19-8-6-18(7-9-19)11-13-10-14(17)4-5-15(13)20/h4-5,10,20H,6-9,11-12H2,1-3H3. The third kappa shape index (κ3) is 4.76. The second-order valence-corrected chi connectivity index (χ2v) is 7.80. The van der Waals surface area contributed by atoms with E-state index in [4.69, 9.17) is 0 Å². The Balaban J connectivity index is 1.87. The van der Waals surface area contributed by atoms with Gasteiger partial charge in [-0.3, -0.25) is 4.90 Å². The summed E-state index contributed by atoms with van der Waals surface area (Å²) in [5.41, 5.74) is 1.37. The van der Waals surface area contributed by atoms with Crippen LogP contribution < -0.4 is 0 Å². The van der Waals surface area contributed by atoms with Crippen LogP contribution in [-0.4, -0.2) is 47.6 Å². The molecule has 0 unspecified atom stereocenters. The fourth-order valence-corrected chi connectivity index (χ4v) is 3.11. The van der Waals surface area contributed by atoms with Crippen LogP contribution in [0.5, 0.6) is 5.75 Å². The summed E-state index contributed by atoms with van der Waals surface area (Å²) in [6, 6.07) is 5.65. The number of phenolic OH excluding ortho intramolecular Hbond substituents is 1. The van der Waals surface area contributed by atoms with Gasteiger partial charge in [-0.15, -0.1) is 0 Å². The average molecular weight is 341 g/mol. The molecule has 1 heterocycles. The van der Waals surface area contributed by atoms with Crippen LogP contribution in [-0.2, 0) is 6.54 Å². The van der Waals surface area contributed by atoms with Crippen molar-refractivity contribution in [2.45, 2.75) is 27.3 Å². The van der Waals surface area contributed by atoms with Crippen LogP contribution in [0.1, 0.15) is 26.3 Å². The third-order valence-corrected chi connectivity index (χ3v) is 4.09. The molecule has 0 amide bonds. The molecule has 0 radical (unpaired) electrons. The third-order valence-electron chi connectivity index (χ3n) is 3.60. The predicted octanol–water partition coefficient (Wildman–Crippen LogP) is 3.32. The first-order valence-electron chi connectivity index (χ1n) is 7.26. The Kier molecular flexibility index (Phi) is 5.10. The highest BCUT2D eigenvalue weighted by Gasteiger charge is 2.22. The van der Waals surface area contributed by atoms with Crippen LogP contribution in [0.2, 0.25) is 0 Å². The Morgan fingerprint density at radius 2 is 1.70 bits per heavy atom. The molecule has 1 fully saturated rings. The van der Waals surface area contributed by atoms with E-state index >= 15 is 0 Å². The summed E-state index contributed by atoms with van der Waals surface area (Å²) < 4.78 is 1.02. The van der Waals surface area contributed by atoms with Gasteiger partial charge in [0.25, 0.3) is 0 Å². The Morgan fingerprint density at radius 1 is 1.10 bits per heavy atom. The van der Waals surface area contributed by atoms with E-state index in [0.717, 1.165) is 49.3 Å². The second-order valence-electron chi connectivity index (χ2n) is 6.89. The van der Waals surface area contributed by atoms with Crippen LogP contribution >= 0.6 is 15.9 Å². The first kappa shape index (κ1) is 15.8. The van der Waals surface area contributed by atoms with Crippen LogP contribution in [0.15, 0.2) is 22.7 Å². The number of halogens is 1. The van der Waals surface area contributed by atoms with Crippen molar-refractivity contribution < 1.29 is 5.11 Å². The molecule has 1 aliphatic heterocycles. The van der Waals surface area contributed by atoms with Crippen LogP contribution in [0.4, 0.5) is 0 Å². The smallest absolute Gasteiger partial charge is 0.120 e. The number of rotatable bonds is 3. The molecule has 4 heteroatoms. The molecule has 0 aliphatic carbocycles. The van der Waals surface area contributed by atoms with Crippen molar-refractivity contribution in [3.63, 3.8) is 0 Å². The highest BCUT2D eigenvalue weighted by Crippen LogP contribution is 2.24. The Morgan fingerprint density at radius 3 is 2.30 bits per heavy atom. The molecular formula is C16H25BrN2O. The van der Waals surface area contributed by atoms with Crippen molar-refractivity contribution in [3.05, 3.63) is 28.2 Å². The first-order chi connectivity index (χ1) is 9.33. The van der Waals surface area contributed by atoms with Gasteiger partial charge in [0.1, 0.15) is 5.75 Å². The number of phenols is 1. The molecule has 1 aromatic rings.